The minimum absolute atomic E-state index is 0.196. The lowest BCUT2D eigenvalue weighted by molar-refractivity contribution is 1.11. The van der Waals surface area contributed by atoms with Crippen LogP contribution in [0.4, 0.5) is 0 Å². The first-order valence-corrected chi connectivity index (χ1v) is 7.40. The molecule has 1 atom stereocenters. The largest absolute Gasteiger partial charge is 0.0840 e. The number of hydrogen-bond donors (Lipinski definition) is 0. The topological polar surface area (TPSA) is 0 Å². The molecular formula is C16H16BrCl. The summed E-state index contributed by atoms with van der Waals surface area (Å²) in [6.07, 6.45) is 1.07. The molecule has 0 aromatic heterocycles. The number of rotatable bonds is 3. The van der Waals surface area contributed by atoms with E-state index in [1.807, 2.05) is 12.1 Å². The molecule has 0 spiro atoms. The maximum atomic E-state index is 6.17. The molecular weight excluding hydrogens is 308 g/mol. The molecule has 0 radical (unpaired) electrons. The van der Waals surface area contributed by atoms with Gasteiger partial charge in [0.2, 0.25) is 0 Å². The quantitative estimate of drug-likeness (QED) is 0.636. The fourth-order valence-corrected chi connectivity index (χ4v) is 2.98. The van der Waals surface area contributed by atoms with Crippen LogP contribution in [0.25, 0.3) is 0 Å². The second-order valence-electron chi connectivity index (χ2n) is 4.41. The molecule has 0 heterocycles. The molecule has 94 valence electrons. The smallest absolute Gasteiger partial charge is 0.0647 e. The standard InChI is InChI=1S/C16H16BrCl/c1-3-12-7-9-13(10-8-12)16(17)14-5-4-6-15(18)11(14)2/h4-10,16H,3H2,1-2H3. The predicted octanol–water partition coefficient (Wildman–Crippen LogP) is 5.70. The van der Waals surface area contributed by atoms with Crippen molar-refractivity contribution in [1.82, 2.24) is 0 Å². The predicted molar refractivity (Wildman–Crippen MR) is 82.8 cm³/mol. The van der Waals surface area contributed by atoms with Gasteiger partial charge in [-0.05, 0) is 41.7 Å². The van der Waals surface area contributed by atoms with E-state index in [1.54, 1.807) is 0 Å². The van der Waals surface area contributed by atoms with Crippen LogP contribution in [0.2, 0.25) is 5.02 Å². The first-order chi connectivity index (χ1) is 8.63. The van der Waals surface area contributed by atoms with Gasteiger partial charge >= 0.3 is 0 Å². The third-order valence-corrected chi connectivity index (χ3v) is 4.69. The molecule has 0 bridgehead atoms. The molecule has 0 amide bonds. The Labute approximate surface area is 122 Å². The molecule has 0 aliphatic rings. The summed E-state index contributed by atoms with van der Waals surface area (Å²) >= 11 is 9.94. The molecule has 0 saturated carbocycles. The Balaban J connectivity index is 2.35. The first-order valence-electron chi connectivity index (χ1n) is 6.11. The monoisotopic (exact) mass is 322 g/mol. The van der Waals surface area contributed by atoms with Crippen LogP contribution < -0.4 is 0 Å². The fraction of sp³-hybridized carbons (Fsp3) is 0.250. The molecule has 2 rings (SSSR count). The van der Waals surface area contributed by atoms with Crippen molar-refractivity contribution < 1.29 is 0 Å². The van der Waals surface area contributed by atoms with Gasteiger partial charge in [0.05, 0.1) is 4.83 Å². The van der Waals surface area contributed by atoms with E-state index in [1.165, 1.54) is 16.7 Å². The summed E-state index contributed by atoms with van der Waals surface area (Å²) in [4.78, 5) is 0.196. The van der Waals surface area contributed by atoms with Crippen molar-refractivity contribution in [3.05, 3.63) is 69.7 Å². The molecule has 0 nitrogen and oxygen atoms in total. The zero-order chi connectivity index (χ0) is 13.1. The Morgan fingerprint density at radius 1 is 1.11 bits per heavy atom. The average molecular weight is 324 g/mol. The van der Waals surface area contributed by atoms with Crippen molar-refractivity contribution in [2.75, 3.05) is 0 Å². The van der Waals surface area contributed by atoms with Crippen molar-refractivity contribution in [3.63, 3.8) is 0 Å². The van der Waals surface area contributed by atoms with Gasteiger partial charge in [-0.3, -0.25) is 0 Å². The minimum Gasteiger partial charge on any atom is -0.0840 e. The SMILES string of the molecule is CCc1ccc(C(Br)c2cccc(Cl)c2C)cc1. The van der Waals surface area contributed by atoms with Crippen LogP contribution in [0.15, 0.2) is 42.5 Å². The van der Waals surface area contributed by atoms with Crippen LogP contribution in [0.5, 0.6) is 0 Å². The molecule has 2 heteroatoms. The van der Waals surface area contributed by atoms with Gasteiger partial charge in [0.25, 0.3) is 0 Å². The third kappa shape index (κ3) is 2.78. The summed E-state index contributed by atoms with van der Waals surface area (Å²) in [6.45, 7) is 4.23. The van der Waals surface area contributed by atoms with E-state index in [-0.39, 0.29) is 4.83 Å². The molecule has 1 unspecified atom stereocenters. The van der Waals surface area contributed by atoms with Crippen LogP contribution in [0.3, 0.4) is 0 Å². The highest BCUT2D eigenvalue weighted by Crippen LogP contribution is 2.35. The van der Waals surface area contributed by atoms with E-state index in [9.17, 15) is 0 Å². The van der Waals surface area contributed by atoms with Gasteiger partial charge < -0.3 is 0 Å². The van der Waals surface area contributed by atoms with Crippen molar-refractivity contribution in [1.29, 1.82) is 0 Å². The summed E-state index contributed by atoms with van der Waals surface area (Å²) in [5, 5.41) is 0.821. The van der Waals surface area contributed by atoms with Gasteiger partial charge in [-0.1, -0.05) is 70.9 Å². The third-order valence-electron chi connectivity index (χ3n) is 3.26. The van der Waals surface area contributed by atoms with E-state index in [4.69, 9.17) is 11.6 Å². The maximum Gasteiger partial charge on any atom is 0.0647 e. The van der Waals surface area contributed by atoms with Gasteiger partial charge in [0, 0.05) is 5.02 Å². The lowest BCUT2D eigenvalue weighted by Crippen LogP contribution is -1.96. The number of benzene rings is 2. The molecule has 18 heavy (non-hydrogen) atoms. The van der Waals surface area contributed by atoms with Crippen LogP contribution in [0.1, 0.15) is 34.0 Å². The van der Waals surface area contributed by atoms with Crippen molar-refractivity contribution >= 4 is 27.5 Å². The van der Waals surface area contributed by atoms with E-state index >= 15 is 0 Å². The van der Waals surface area contributed by atoms with Crippen molar-refractivity contribution in [3.8, 4) is 0 Å². The van der Waals surface area contributed by atoms with Crippen LogP contribution in [-0.4, -0.2) is 0 Å². The fourth-order valence-electron chi connectivity index (χ4n) is 2.00. The molecule has 2 aromatic rings. The lowest BCUT2D eigenvalue weighted by atomic mass is 9.99. The van der Waals surface area contributed by atoms with Gasteiger partial charge in [-0.15, -0.1) is 0 Å². The minimum atomic E-state index is 0.196. The molecule has 0 aliphatic carbocycles. The van der Waals surface area contributed by atoms with Crippen LogP contribution in [0, 0.1) is 6.92 Å². The van der Waals surface area contributed by atoms with Crippen molar-refractivity contribution in [2.45, 2.75) is 25.1 Å². The summed E-state index contributed by atoms with van der Waals surface area (Å²) in [6, 6.07) is 14.8. The van der Waals surface area contributed by atoms with E-state index in [2.05, 4.69) is 60.1 Å². The highest BCUT2D eigenvalue weighted by atomic mass is 79.9. The highest BCUT2D eigenvalue weighted by molar-refractivity contribution is 9.09. The summed E-state index contributed by atoms with van der Waals surface area (Å²) in [7, 11) is 0. The molecule has 0 aliphatic heterocycles. The van der Waals surface area contributed by atoms with Gasteiger partial charge in [-0.25, -0.2) is 0 Å². The molecule has 0 N–H and O–H groups in total. The number of aryl methyl sites for hydroxylation is 1. The van der Waals surface area contributed by atoms with E-state index in [0.717, 1.165) is 17.0 Å². The average Bonchev–Trinajstić information content (AvgIpc) is 2.41. The molecule has 0 saturated heterocycles. The van der Waals surface area contributed by atoms with Crippen LogP contribution >= 0.6 is 27.5 Å². The second kappa shape index (κ2) is 5.90. The van der Waals surface area contributed by atoms with Gasteiger partial charge in [-0.2, -0.15) is 0 Å². The maximum absolute atomic E-state index is 6.17. The Bertz CT molecular complexity index is 531. The normalized spacial score (nSPS) is 12.4. The number of halogens is 2. The summed E-state index contributed by atoms with van der Waals surface area (Å²) < 4.78 is 0. The number of alkyl halides is 1. The highest BCUT2D eigenvalue weighted by Gasteiger charge is 2.13. The van der Waals surface area contributed by atoms with Crippen molar-refractivity contribution in [2.24, 2.45) is 0 Å². The Morgan fingerprint density at radius 3 is 2.39 bits per heavy atom. The van der Waals surface area contributed by atoms with Gasteiger partial charge in [0.15, 0.2) is 0 Å². The Kier molecular flexibility index (Phi) is 4.47. The first kappa shape index (κ1) is 13.6. The Hall–Kier alpha value is -0.790. The van der Waals surface area contributed by atoms with Gasteiger partial charge in [0.1, 0.15) is 0 Å². The molecule has 0 fully saturated rings. The van der Waals surface area contributed by atoms with E-state index in [0.29, 0.717) is 0 Å². The lowest BCUT2D eigenvalue weighted by Gasteiger charge is -2.15. The Morgan fingerprint density at radius 2 is 1.78 bits per heavy atom. The number of hydrogen-bond acceptors (Lipinski definition) is 0. The zero-order valence-electron chi connectivity index (χ0n) is 10.6. The van der Waals surface area contributed by atoms with E-state index < -0.39 is 0 Å². The van der Waals surface area contributed by atoms with Crippen LogP contribution in [-0.2, 0) is 6.42 Å². The second-order valence-corrected chi connectivity index (χ2v) is 5.73. The molecule has 2 aromatic carbocycles. The summed E-state index contributed by atoms with van der Waals surface area (Å²) in [5.74, 6) is 0. The summed E-state index contributed by atoms with van der Waals surface area (Å²) in [5.41, 5.74) is 4.99. The zero-order valence-corrected chi connectivity index (χ0v) is 12.9.